The highest BCUT2D eigenvalue weighted by Gasteiger charge is 2.50. The Morgan fingerprint density at radius 3 is 2.05 bits per heavy atom. The first kappa shape index (κ1) is 27.4. The fourth-order valence-electron chi connectivity index (χ4n) is 5.45. The molecule has 2 N–H and O–H groups in total. The average Bonchev–Trinajstić information content (AvgIpc) is 3.32. The number of rotatable bonds is 5. The first-order chi connectivity index (χ1) is 17.1. The number of carbonyl (C=O) groups excluding carboxylic acids is 1. The molecule has 202 valence electrons. The maximum atomic E-state index is 13.6. The van der Waals surface area contributed by atoms with E-state index in [9.17, 15) is 40.6 Å². The van der Waals surface area contributed by atoms with Crippen LogP contribution in [0, 0.1) is 11.7 Å². The molecule has 4 rings (SSSR count). The fraction of sp³-hybridized carbons (Fsp3) is 0.500. The lowest BCUT2D eigenvalue weighted by atomic mass is 9.81. The summed E-state index contributed by atoms with van der Waals surface area (Å²) in [6.45, 7) is 2.78. The maximum Gasteiger partial charge on any atom is 0.416 e. The molecule has 0 bridgehead atoms. The second kappa shape index (κ2) is 9.58. The number of alkyl halides is 6. The Morgan fingerprint density at radius 2 is 1.57 bits per heavy atom. The molecule has 1 saturated carbocycles. The molecule has 6 atom stereocenters. The van der Waals surface area contributed by atoms with E-state index in [4.69, 9.17) is 4.74 Å². The predicted octanol–water partition coefficient (Wildman–Crippen LogP) is 6.14. The van der Waals surface area contributed by atoms with Gasteiger partial charge >= 0.3 is 12.4 Å². The summed E-state index contributed by atoms with van der Waals surface area (Å²) in [5, 5.41) is 13.1. The summed E-state index contributed by atoms with van der Waals surface area (Å²) in [6, 6.07) is 6.50. The van der Waals surface area contributed by atoms with E-state index in [0.717, 1.165) is 0 Å². The predicted molar refractivity (Wildman–Crippen MR) is 119 cm³/mol. The lowest BCUT2D eigenvalue weighted by Crippen LogP contribution is -2.37. The molecular formula is C26H26F7NO3. The number of aliphatic hydroxyl groups is 1. The lowest BCUT2D eigenvalue weighted by Gasteiger charge is -2.31. The van der Waals surface area contributed by atoms with Crippen molar-refractivity contribution in [1.29, 1.82) is 0 Å². The highest BCUT2D eigenvalue weighted by molar-refractivity contribution is 5.87. The van der Waals surface area contributed by atoms with Gasteiger partial charge in [-0.15, -0.1) is 0 Å². The Bertz CT molecular complexity index is 1110. The van der Waals surface area contributed by atoms with Crippen LogP contribution in [0.25, 0.3) is 0 Å². The van der Waals surface area contributed by atoms with E-state index in [1.54, 1.807) is 12.1 Å². The summed E-state index contributed by atoms with van der Waals surface area (Å²) in [4.78, 5) is 12.2. The van der Waals surface area contributed by atoms with Crippen LogP contribution >= 0.6 is 0 Å². The minimum absolute atomic E-state index is 0.0673. The number of amides is 1. The van der Waals surface area contributed by atoms with Crippen molar-refractivity contribution in [1.82, 2.24) is 5.32 Å². The number of ether oxygens (including phenoxy) is 1. The molecule has 2 aromatic carbocycles. The Kier molecular flexibility index (Phi) is 7.09. The third-order valence-electron chi connectivity index (χ3n) is 7.30. The molecule has 1 saturated heterocycles. The highest BCUT2D eigenvalue weighted by Crippen LogP contribution is 2.48. The number of hydrogen-bond donors (Lipinski definition) is 2. The van der Waals surface area contributed by atoms with Crippen molar-refractivity contribution in [3.8, 4) is 0 Å². The maximum absolute atomic E-state index is 13.6. The van der Waals surface area contributed by atoms with Gasteiger partial charge in [0, 0.05) is 18.4 Å². The van der Waals surface area contributed by atoms with E-state index < -0.39 is 65.0 Å². The Morgan fingerprint density at radius 1 is 1.00 bits per heavy atom. The summed E-state index contributed by atoms with van der Waals surface area (Å²) in [5.74, 6) is -1.72. The zero-order valence-corrected chi connectivity index (χ0v) is 20.0. The molecule has 11 heteroatoms. The molecule has 4 nitrogen and oxygen atoms in total. The summed E-state index contributed by atoms with van der Waals surface area (Å²) in [6.07, 6.45) is -10.7. The molecule has 0 radical (unpaired) electrons. The Labute approximate surface area is 208 Å². The standard InChI is InChI=1S/C26H26F7NO3/c1-13(15-9-16(25(28,29)30)11-17(10-15)26(31,32)33)37-21-8-7-19(20-12-24(2,36)23(35)34-20)22(21)14-3-5-18(27)6-4-14/h3-6,9-11,13,19-22,36H,7-8,12H2,1-2H3,(H,34,35)/t13-,19+,20?,21+,22+,24+/m1/s1. The topological polar surface area (TPSA) is 58.6 Å². The van der Waals surface area contributed by atoms with Gasteiger partial charge in [-0.2, -0.15) is 26.3 Å². The molecular weight excluding hydrogens is 507 g/mol. The van der Waals surface area contributed by atoms with Crippen molar-refractivity contribution in [2.75, 3.05) is 0 Å². The highest BCUT2D eigenvalue weighted by atomic mass is 19.4. The van der Waals surface area contributed by atoms with Crippen LogP contribution in [0.4, 0.5) is 30.7 Å². The van der Waals surface area contributed by atoms with Crippen molar-refractivity contribution in [2.45, 2.75) is 75.2 Å². The molecule has 0 spiro atoms. The fourth-order valence-corrected chi connectivity index (χ4v) is 5.45. The van der Waals surface area contributed by atoms with Gasteiger partial charge in [0.25, 0.3) is 5.91 Å². The van der Waals surface area contributed by atoms with E-state index in [-0.39, 0.29) is 24.0 Å². The Hall–Kier alpha value is -2.66. The molecule has 1 heterocycles. The molecule has 2 aliphatic rings. The van der Waals surface area contributed by atoms with Gasteiger partial charge in [-0.1, -0.05) is 12.1 Å². The van der Waals surface area contributed by atoms with Crippen molar-refractivity contribution in [2.24, 2.45) is 5.92 Å². The van der Waals surface area contributed by atoms with Crippen LogP contribution in [0.3, 0.4) is 0 Å². The zero-order valence-electron chi connectivity index (χ0n) is 20.0. The van der Waals surface area contributed by atoms with E-state index in [2.05, 4.69) is 5.32 Å². The number of halogens is 7. The van der Waals surface area contributed by atoms with Crippen LogP contribution in [-0.4, -0.2) is 28.8 Å². The van der Waals surface area contributed by atoms with Gasteiger partial charge < -0.3 is 15.2 Å². The van der Waals surface area contributed by atoms with Crippen LogP contribution in [0.5, 0.6) is 0 Å². The first-order valence-electron chi connectivity index (χ1n) is 11.8. The SMILES string of the molecule is C[C@@H](O[C@H]1CC[C@@H](C2C[C@](C)(O)C(=O)N2)[C@@H]1c1ccc(F)cc1)c1cc(C(F)(F)F)cc(C(F)(F)F)c1. The summed E-state index contributed by atoms with van der Waals surface area (Å²) in [7, 11) is 0. The van der Waals surface area contributed by atoms with Gasteiger partial charge in [0.15, 0.2) is 0 Å². The van der Waals surface area contributed by atoms with Crippen LogP contribution in [0.15, 0.2) is 42.5 Å². The molecule has 1 aliphatic heterocycles. The van der Waals surface area contributed by atoms with Crippen LogP contribution in [0.2, 0.25) is 0 Å². The third-order valence-corrected chi connectivity index (χ3v) is 7.30. The number of benzene rings is 2. The molecule has 0 aromatic heterocycles. The summed E-state index contributed by atoms with van der Waals surface area (Å²) < 4.78 is 99.8. The normalized spacial score (nSPS) is 29.4. The van der Waals surface area contributed by atoms with Crippen LogP contribution in [0.1, 0.15) is 67.4 Å². The quantitative estimate of drug-likeness (QED) is 0.454. The number of hydrogen-bond acceptors (Lipinski definition) is 3. The lowest BCUT2D eigenvalue weighted by molar-refractivity contribution is -0.143. The molecule has 1 unspecified atom stereocenters. The van der Waals surface area contributed by atoms with Crippen molar-refractivity contribution in [3.05, 3.63) is 70.5 Å². The van der Waals surface area contributed by atoms with E-state index in [1.165, 1.54) is 26.0 Å². The van der Waals surface area contributed by atoms with E-state index in [1.807, 2.05) is 0 Å². The molecule has 2 aromatic rings. The van der Waals surface area contributed by atoms with Crippen molar-refractivity contribution in [3.63, 3.8) is 0 Å². The van der Waals surface area contributed by atoms with Gasteiger partial charge in [0.05, 0.1) is 23.3 Å². The largest absolute Gasteiger partial charge is 0.416 e. The molecule has 2 fully saturated rings. The minimum Gasteiger partial charge on any atom is -0.380 e. The van der Waals surface area contributed by atoms with Crippen molar-refractivity contribution >= 4 is 5.91 Å². The van der Waals surface area contributed by atoms with Crippen molar-refractivity contribution < 1.29 is 45.4 Å². The van der Waals surface area contributed by atoms with Crippen LogP contribution < -0.4 is 5.32 Å². The van der Waals surface area contributed by atoms with E-state index >= 15 is 0 Å². The van der Waals surface area contributed by atoms with Crippen LogP contribution in [-0.2, 0) is 21.9 Å². The smallest absolute Gasteiger partial charge is 0.380 e. The third kappa shape index (κ3) is 5.77. The Balaban J connectivity index is 1.65. The van der Waals surface area contributed by atoms with Gasteiger partial charge in [0.2, 0.25) is 0 Å². The summed E-state index contributed by atoms with van der Waals surface area (Å²) >= 11 is 0. The second-order valence-electron chi connectivity index (χ2n) is 10.0. The van der Waals surface area contributed by atoms with Gasteiger partial charge in [-0.3, -0.25) is 4.79 Å². The first-order valence-corrected chi connectivity index (χ1v) is 11.8. The average molecular weight is 533 g/mol. The monoisotopic (exact) mass is 533 g/mol. The minimum atomic E-state index is -4.98. The zero-order chi connectivity index (χ0) is 27.3. The van der Waals surface area contributed by atoms with E-state index in [0.29, 0.717) is 30.5 Å². The summed E-state index contributed by atoms with van der Waals surface area (Å²) in [5.41, 5.74) is -4.05. The molecule has 37 heavy (non-hydrogen) atoms. The number of carbonyl (C=O) groups is 1. The molecule has 1 aliphatic carbocycles. The second-order valence-corrected chi connectivity index (χ2v) is 10.0. The van der Waals surface area contributed by atoms with Gasteiger partial charge in [-0.25, -0.2) is 4.39 Å². The number of nitrogens with one attached hydrogen (secondary N) is 1. The van der Waals surface area contributed by atoms with Gasteiger partial charge in [0.1, 0.15) is 11.4 Å². The molecule has 1 amide bonds. The van der Waals surface area contributed by atoms with Gasteiger partial charge in [-0.05, 0) is 74.1 Å².